The molecule has 0 aliphatic carbocycles. The van der Waals surface area contributed by atoms with Gasteiger partial charge >= 0.3 is 5.63 Å². The normalized spacial score (nSPS) is 10.5. The van der Waals surface area contributed by atoms with Crippen LogP contribution < -0.4 is 10.4 Å². The standard InChI is InChI=1S/C14H15NO4/c1-9-6-14(17)19-12-7-10(4-5-11(9)12)18-8-13(16)15(2)3/h4-7H,8H2,1-3H3. The lowest BCUT2D eigenvalue weighted by molar-refractivity contribution is -0.130. The number of aryl methyl sites for hydroxylation is 1. The molecule has 0 aliphatic rings. The predicted octanol–water partition coefficient (Wildman–Crippen LogP) is 1.57. The van der Waals surface area contributed by atoms with Crippen LogP contribution in [0.2, 0.25) is 0 Å². The van der Waals surface area contributed by atoms with Gasteiger partial charge in [-0.2, -0.15) is 0 Å². The van der Waals surface area contributed by atoms with Gasteiger partial charge in [0.05, 0.1) is 0 Å². The lowest BCUT2D eigenvalue weighted by Crippen LogP contribution is -2.27. The number of ether oxygens (including phenoxy) is 1. The maximum atomic E-state index is 11.4. The van der Waals surface area contributed by atoms with E-state index in [1.807, 2.05) is 13.0 Å². The average molecular weight is 261 g/mol. The van der Waals surface area contributed by atoms with Crippen molar-refractivity contribution in [1.29, 1.82) is 0 Å². The monoisotopic (exact) mass is 261 g/mol. The van der Waals surface area contributed by atoms with Crippen molar-refractivity contribution in [2.24, 2.45) is 0 Å². The Hall–Kier alpha value is -2.30. The summed E-state index contributed by atoms with van der Waals surface area (Å²) in [6.45, 7) is 1.80. The first-order valence-electron chi connectivity index (χ1n) is 5.85. The highest BCUT2D eigenvalue weighted by Gasteiger charge is 2.07. The number of rotatable bonds is 3. The van der Waals surface area contributed by atoms with Crippen LogP contribution in [0.25, 0.3) is 11.0 Å². The van der Waals surface area contributed by atoms with Gasteiger partial charge in [-0.05, 0) is 24.6 Å². The van der Waals surface area contributed by atoms with E-state index in [2.05, 4.69) is 0 Å². The molecule has 1 heterocycles. The van der Waals surface area contributed by atoms with Crippen LogP contribution in [0.5, 0.6) is 5.75 Å². The van der Waals surface area contributed by atoms with Gasteiger partial charge in [-0.15, -0.1) is 0 Å². The zero-order valence-corrected chi connectivity index (χ0v) is 11.1. The van der Waals surface area contributed by atoms with Crippen molar-refractivity contribution in [2.45, 2.75) is 6.92 Å². The van der Waals surface area contributed by atoms with Crippen LogP contribution in [0.4, 0.5) is 0 Å². The van der Waals surface area contributed by atoms with E-state index in [1.54, 1.807) is 26.2 Å². The summed E-state index contributed by atoms with van der Waals surface area (Å²) in [5.74, 6) is 0.363. The summed E-state index contributed by atoms with van der Waals surface area (Å²) in [5.41, 5.74) is 0.911. The molecule has 0 saturated carbocycles. The van der Waals surface area contributed by atoms with Crippen LogP contribution in [-0.4, -0.2) is 31.5 Å². The first-order chi connectivity index (χ1) is 8.97. The number of amides is 1. The second kappa shape index (κ2) is 5.14. The lowest BCUT2D eigenvalue weighted by Gasteiger charge is -2.11. The molecule has 1 aromatic heterocycles. The number of nitrogens with zero attached hydrogens (tertiary/aromatic N) is 1. The Bertz CT molecular complexity index is 673. The minimum absolute atomic E-state index is 0.0471. The van der Waals surface area contributed by atoms with Crippen LogP contribution in [0.3, 0.4) is 0 Å². The van der Waals surface area contributed by atoms with Gasteiger partial charge in [0.25, 0.3) is 5.91 Å². The summed E-state index contributed by atoms with van der Waals surface area (Å²) < 4.78 is 10.5. The zero-order chi connectivity index (χ0) is 14.0. The number of hydrogen-bond donors (Lipinski definition) is 0. The average Bonchev–Trinajstić information content (AvgIpc) is 2.35. The van der Waals surface area contributed by atoms with E-state index in [4.69, 9.17) is 9.15 Å². The third kappa shape index (κ3) is 2.93. The molecule has 5 heteroatoms. The largest absolute Gasteiger partial charge is 0.484 e. The molecule has 100 valence electrons. The predicted molar refractivity (Wildman–Crippen MR) is 71.4 cm³/mol. The Morgan fingerprint density at radius 3 is 2.74 bits per heavy atom. The zero-order valence-electron chi connectivity index (χ0n) is 11.1. The number of hydrogen-bond acceptors (Lipinski definition) is 4. The Kier molecular flexibility index (Phi) is 3.55. The molecule has 0 radical (unpaired) electrons. The van der Waals surface area contributed by atoms with Gasteiger partial charge in [-0.3, -0.25) is 4.79 Å². The van der Waals surface area contributed by atoms with Gasteiger partial charge in [0.15, 0.2) is 6.61 Å². The van der Waals surface area contributed by atoms with E-state index in [1.165, 1.54) is 11.0 Å². The molecular formula is C14H15NO4. The molecule has 1 aromatic carbocycles. The summed E-state index contributed by atoms with van der Waals surface area (Å²) in [6.07, 6.45) is 0. The Labute approximate surface area is 110 Å². The van der Waals surface area contributed by atoms with E-state index in [9.17, 15) is 9.59 Å². The van der Waals surface area contributed by atoms with Gasteiger partial charge in [0.1, 0.15) is 11.3 Å². The van der Waals surface area contributed by atoms with Gasteiger partial charge < -0.3 is 14.1 Å². The van der Waals surface area contributed by atoms with E-state index >= 15 is 0 Å². The number of carbonyl (C=O) groups excluding carboxylic acids is 1. The first-order valence-corrected chi connectivity index (χ1v) is 5.85. The maximum absolute atomic E-state index is 11.4. The molecular weight excluding hydrogens is 246 g/mol. The van der Waals surface area contributed by atoms with E-state index < -0.39 is 5.63 Å². The second-order valence-electron chi connectivity index (χ2n) is 4.48. The van der Waals surface area contributed by atoms with Crippen LogP contribution in [0.15, 0.2) is 33.5 Å². The summed E-state index contributed by atoms with van der Waals surface area (Å²) in [4.78, 5) is 24.2. The minimum Gasteiger partial charge on any atom is -0.484 e. The van der Waals surface area contributed by atoms with Crippen molar-refractivity contribution in [1.82, 2.24) is 4.90 Å². The minimum atomic E-state index is -0.397. The van der Waals surface area contributed by atoms with Crippen molar-refractivity contribution in [3.8, 4) is 5.75 Å². The molecule has 5 nitrogen and oxygen atoms in total. The molecule has 19 heavy (non-hydrogen) atoms. The highest BCUT2D eigenvalue weighted by molar-refractivity contribution is 5.81. The van der Waals surface area contributed by atoms with Gasteiger partial charge in [-0.25, -0.2) is 4.79 Å². The molecule has 0 spiro atoms. The molecule has 0 unspecified atom stereocenters. The van der Waals surface area contributed by atoms with Crippen molar-refractivity contribution < 1.29 is 13.9 Å². The maximum Gasteiger partial charge on any atom is 0.336 e. The van der Waals surface area contributed by atoms with Crippen LogP contribution in [0, 0.1) is 6.92 Å². The Morgan fingerprint density at radius 1 is 1.32 bits per heavy atom. The number of likely N-dealkylation sites (N-methyl/N-ethyl adjacent to an activating group) is 1. The summed E-state index contributed by atoms with van der Waals surface area (Å²) in [5, 5.41) is 0.853. The highest BCUT2D eigenvalue weighted by atomic mass is 16.5. The molecule has 0 N–H and O–H groups in total. The van der Waals surface area contributed by atoms with Crippen LogP contribution in [0.1, 0.15) is 5.56 Å². The quantitative estimate of drug-likeness (QED) is 0.787. The van der Waals surface area contributed by atoms with Crippen molar-refractivity contribution in [3.63, 3.8) is 0 Å². The number of carbonyl (C=O) groups is 1. The van der Waals surface area contributed by atoms with E-state index in [-0.39, 0.29) is 12.5 Å². The number of benzene rings is 1. The fourth-order valence-corrected chi connectivity index (χ4v) is 1.67. The summed E-state index contributed by atoms with van der Waals surface area (Å²) in [6, 6.07) is 6.62. The fourth-order valence-electron chi connectivity index (χ4n) is 1.67. The summed E-state index contributed by atoms with van der Waals surface area (Å²) in [7, 11) is 3.32. The SMILES string of the molecule is Cc1cc(=O)oc2cc(OCC(=O)N(C)C)ccc12. The molecule has 1 amide bonds. The number of fused-ring (bicyclic) bond motifs is 1. The third-order valence-electron chi connectivity index (χ3n) is 2.78. The first kappa shape index (κ1) is 13.1. The third-order valence-corrected chi connectivity index (χ3v) is 2.78. The Morgan fingerprint density at radius 2 is 2.05 bits per heavy atom. The van der Waals surface area contributed by atoms with Gasteiger partial charge in [-0.1, -0.05) is 0 Å². The van der Waals surface area contributed by atoms with Crippen molar-refractivity contribution in [3.05, 3.63) is 40.2 Å². The topological polar surface area (TPSA) is 59.8 Å². The van der Waals surface area contributed by atoms with Crippen LogP contribution >= 0.6 is 0 Å². The smallest absolute Gasteiger partial charge is 0.336 e. The molecule has 2 rings (SSSR count). The van der Waals surface area contributed by atoms with Gasteiger partial charge in [0, 0.05) is 31.6 Å². The summed E-state index contributed by atoms with van der Waals surface area (Å²) >= 11 is 0. The van der Waals surface area contributed by atoms with Crippen molar-refractivity contribution in [2.75, 3.05) is 20.7 Å². The highest BCUT2D eigenvalue weighted by Crippen LogP contribution is 2.22. The molecule has 2 aromatic rings. The molecule has 0 aliphatic heterocycles. The molecule has 0 atom stereocenters. The fraction of sp³-hybridized carbons (Fsp3) is 0.286. The van der Waals surface area contributed by atoms with Crippen LogP contribution in [-0.2, 0) is 4.79 Å². The second-order valence-corrected chi connectivity index (χ2v) is 4.48. The van der Waals surface area contributed by atoms with E-state index in [0.717, 1.165) is 10.9 Å². The lowest BCUT2D eigenvalue weighted by atomic mass is 10.1. The molecule has 0 fully saturated rings. The Balaban J connectivity index is 2.27. The van der Waals surface area contributed by atoms with Gasteiger partial charge in [0.2, 0.25) is 0 Å². The molecule has 0 saturated heterocycles. The molecule has 0 bridgehead atoms. The van der Waals surface area contributed by atoms with E-state index in [0.29, 0.717) is 11.3 Å². The van der Waals surface area contributed by atoms with Crippen molar-refractivity contribution >= 4 is 16.9 Å².